The Morgan fingerprint density at radius 1 is 1.07 bits per heavy atom. The Morgan fingerprint density at radius 3 is 2.43 bits per heavy atom. The zero-order chi connectivity index (χ0) is 20.2. The number of hydrogen-bond donors (Lipinski definition) is 1. The molecule has 0 aromatic heterocycles. The molecule has 2 rings (SSSR count). The summed E-state index contributed by atoms with van der Waals surface area (Å²) in [5, 5.41) is 3.09. The van der Waals surface area contributed by atoms with Crippen LogP contribution in [0, 0.1) is 11.8 Å². The first-order valence-corrected chi connectivity index (χ1v) is 10.9. The fourth-order valence-electron chi connectivity index (χ4n) is 3.59. The summed E-state index contributed by atoms with van der Waals surface area (Å²) >= 11 is 0. The molecule has 1 aromatic rings. The lowest BCUT2D eigenvalue weighted by Gasteiger charge is -2.30. The van der Waals surface area contributed by atoms with Gasteiger partial charge in [0.1, 0.15) is 0 Å². The Hall–Kier alpha value is -2.10. The van der Waals surface area contributed by atoms with Crippen molar-refractivity contribution in [3.05, 3.63) is 42.0 Å². The lowest BCUT2D eigenvalue weighted by atomic mass is 9.95. The van der Waals surface area contributed by atoms with E-state index in [1.54, 1.807) is 6.08 Å². The van der Waals surface area contributed by atoms with Crippen molar-refractivity contribution in [1.82, 2.24) is 10.2 Å². The van der Waals surface area contributed by atoms with Gasteiger partial charge in [0.15, 0.2) is 0 Å². The fourth-order valence-corrected chi connectivity index (χ4v) is 3.59. The third kappa shape index (κ3) is 8.28. The quantitative estimate of drug-likeness (QED) is 0.471. The Balaban J connectivity index is 1.60. The molecule has 1 aromatic carbocycles. The van der Waals surface area contributed by atoms with E-state index in [2.05, 4.69) is 19.2 Å². The Bertz CT molecular complexity index is 617. The van der Waals surface area contributed by atoms with Gasteiger partial charge in [0.05, 0.1) is 0 Å². The molecule has 0 atom stereocenters. The number of likely N-dealkylation sites (tertiary alicyclic amines) is 1. The Kier molecular flexibility index (Phi) is 9.81. The molecule has 0 bridgehead atoms. The number of piperidine rings is 1. The summed E-state index contributed by atoms with van der Waals surface area (Å²) in [6.07, 6.45) is 11.1. The van der Waals surface area contributed by atoms with Crippen molar-refractivity contribution in [3.8, 4) is 0 Å². The van der Waals surface area contributed by atoms with E-state index in [0.29, 0.717) is 13.1 Å². The highest BCUT2D eigenvalue weighted by Gasteiger charge is 2.26. The minimum Gasteiger partial charge on any atom is -0.356 e. The number of rotatable bonds is 10. The standard InChI is InChI=1S/C24H36N2O2/c1-20(2)10-6-3-4-9-17-25-24(28)22-15-18-26(19-16-22)23(27)14-13-21-11-7-5-8-12-21/h5,7-8,11-14,20,22H,3-4,6,9-10,15-19H2,1-2H3,(H,25,28)/b14-13+. The van der Waals surface area contributed by atoms with Crippen LogP contribution in [0.4, 0.5) is 0 Å². The highest BCUT2D eigenvalue weighted by Crippen LogP contribution is 2.18. The second-order valence-corrected chi connectivity index (χ2v) is 8.23. The molecule has 1 heterocycles. The van der Waals surface area contributed by atoms with Crippen LogP contribution in [0.15, 0.2) is 36.4 Å². The van der Waals surface area contributed by atoms with Crippen molar-refractivity contribution < 1.29 is 9.59 Å². The van der Waals surface area contributed by atoms with E-state index in [-0.39, 0.29) is 17.7 Å². The van der Waals surface area contributed by atoms with Gasteiger partial charge in [-0.15, -0.1) is 0 Å². The largest absolute Gasteiger partial charge is 0.356 e. The van der Waals surface area contributed by atoms with Gasteiger partial charge in [-0.25, -0.2) is 0 Å². The fraction of sp³-hybridized carbons (Fsp3) is 0.583. The third-order valence-corrected chi connectivity index (χ3v) is 5.40. The van der Waals surface area contributed by atoms with Crippen LogP contribution in [0.25, 0.3) is 6.08 Å². The molecule has 1 saturated heterocycles. The summed E-state index contributed by atoms with van der Waals surface area (Å²) in [5.41, 5.74) is 1.02. The van der Waals surface area contributed by atoms with Crippen molar-refractivity contribution in [2.75, 3.05) is 19.6 Å². The molecule has 1 aliphatic rings. The number of benzene rings is 1. The zero-order valence-corrected chi connectivity index (χ0v) is 17.5. The van der Waals surface area contributed by atoms with E-state index in [1.165, 1.54) is 25.7 Å². The minimum absolute atomic E-state index is 0.0316. The topological polar surface area (TPSA) is 49.4 Å². The molecule has 28 heavy (non-hydrogen) atoms. The Labute approximate surface area is 170 Å². The summed E-state index contributed by atoms with van der Waals surface area (Å²) in [6.45, 7) is 6.62. The zero-order valence-electron chi connectivity index (χ0n) is 17.5. The predicted octanol–water partition coefficient (Wildman–Crippen LogP) is 4.66. The van der Waals surface area contributed by atoms with Crippen molar-refractivity contribution in [2.45, 2.75) is 58.8 Å². The van der Waals surface area contributed by atoms with E-state index in [4.69, 9.17) is 0 Å². The molecule has 2 amide bonds. The van der Waals surface area contributed by atoms with Gasteiger partial charge in [-0.1, -0.05) is 69.9 Å². The van der Waals surface area contributed by atoms with Crippen molar-refractivity contribution >= 4 is 17.9 Å². The van der Waals surface area contributed by atoms with Gasteiger partial charge < -0.3 is 10.2 Å². The number of carbonyl (C=O) groups excluding carboxylic acids is 2. The van der Waals surface area contributed by atoms with Gasteiger partial charge in [-0.05, 0) is 36.8 Å². The van der Waals surface area contributed by atoms with Gasteiger partial charge >= 0.3 is 0 Å². The molecule has 1 aliphatic heterocycles. The molecule has 1 N–H and O–H groups in total. The third-order valence-electron chi connectivity index (χ3n) is 5.40. The Morgan fingerprint density at radius 2 is 1.75 bits per heavy atom. The highest BCUT2D eigenvalue weighted by atomic mass is 16.2. The first kappa shape index (κ1) is 22.2. The highest BCUT2D eigenvalue weighted by molar-refractivity contribution is 5.92. The molecule has 0 unspecified atom stereocenters. The smallest absolute Gasteiger partial charge is 0.246 e. The van der Waals surface area contributed by atoms with Crippen LogP contribution in [0.2, 0.25) is 0 Å². The summed E-state index contributed by atoms with van der Waals surface area (Å²) < 4.78 is 0. The van der Waals surface area contributed by atoms with Crippen molar-refractivity contribution in [1.29, 1.82) is 0 Å². The number of nitrogens with one attached hydrogen (secondary N) is 1. The molecule has 1 fully saturated rings. The summed E-state index contributed by atoms with van der Waals surface area (Å²) in [4.78, 5) is 26.5. The average molecular weight is 385 g/mol. The van der Waals surface area contributed by atoms with Gasteiger partial charge in [-0.3, -0.25) is 9.59 Å². The predicted molar refractivity (Wildman–Crippen MR) is 116 cm³/mol. The molecular formula is C24H36N2O2. The molecule has 4 nitrogen and oxygen atoms in total. The lowest BCUT2D eigenvalue weighted by Crippen LogP contribution is -2.42. The average Bonchev–Trinajstić information content (AvgIpc) is 2.71. The monoisotopic (exact) mass is 384 g/mol. The van der Waals surface area contributed by atoms with Crippen LogP contribution < -0.4 is 5.32 Å². The number of hydrogen-bond acceptors (Lipinski definition) is 2. The van der Waals surface area contributed by atoms with E-state index < -0.39 is 0 Å². The molecular weight excluding hydrogens is 348 g/mol. The van der Waals surface area contributed by atoms with Crippen LogP contribution in [-0.4, -0.2) is 36.3 Å². The first-order chi connectivity index (χ1) is 13.6. The van der Waals surface area contributed by atoms with E-state index in [9.17, 15) is 9.59 Å². The molecule has 0 radical (unpaired) electrons. The normalized spacial score (nSPS) is 15.3. The molecule has 154 valence electrons. The SMILES string of the molecule is CC(C)CCCCCCNC(=O)C1CCN(C(=O)/C=C/c2ccccc2)CC1. The van der Waals surface area contributed by atoms with Crippen LogP contribution in [0.3, 0.4) is 0 Å². The van der Waals surface area contributed by atoms with Crippen LogP contribution >= 0.6 is 0 Å². The molecule has 4 heteroatoms. The van der Waals surface area contributed by atoms with Gasteiger partial charge in [0, 0.05) is 31.6 Å². The van der Waals surface area contributed by atoms with E-state index >= 15 is 0 Å². The lowest BCUT2D eigenvalue weighted by molar-refractivity contribution is -0.132. The summed E-state index contributed by atoms with van der Waals surface area (Å²) in [6, 6.07) is 9.83. The van der Waals surface area contributed by atoms with Crippen molar-refractivity contribution in [3.63, 3.8) is 0 Å². The number of amides is 2. The van der Waals surface area contributed by atoms with E-state index in [0.717, 1.165) is 37.3 Å². The second kappa shape index (κ2) is 12.4. The summed E-state index contributed by atoms with van der Waals surface area (Å²) in [7, 11) is 0. The number of carbonyl (C=O) groups is 2. The molecule has 0 saturated carbocycles. The van der Waals surface area contributed by atoms with Crippen LogP contribution in [0.1, 0.15) is 64.4 Å². The summed E-state index contributed by atoms with van der Waals surface area (Å²) in [5.74, 6) is 1.02. The maximum Gasteiger partial charge on any atom is 0.246 e. The molecule has 0 aliphatic carbocycles. The van der Waals surface area contributed by atoms with E-state index in [1.807, 2.05) is 41.3 Å². The van der Waals surface area contributed by atoms with Gasteiger partial charge in [0.25, 0.3) is 0 Å². The van der Waals surface area contributed by atoms with Crippen molar-refractivity contribution in [2.24, 2.45) is 11.8 Å². The maximum absolute atomic E-state index is 12.3. The number of nitrogens with zero attached hydrogens (tertiary/aromatic N) is 1. The van der Waals surface area contributed by atoms with Crippen LogP contribution in [0.5, 0.6) is 0 Å². The minimum atomic E-state index is 0.0316. The molecule has 0 spiro atoms. The second-order valence-electron chi connectivity index (χ2n) is 8.23. The number of unbranched alkanes of at least 4 members (excludes halogenated alkanes) is 3. The first-order valence-electron chi connectivity index (χ1n) is 10.9. The van der Waals surface area contributed by atoms with Crippen LogP contribution in [-0.2, 0) is 9.59 Å². The van der Waals surface area contributed by atoms with Gasteiger partial charge in [-0.2, -0.15) is 0 Å². The maximum atomic E-state index is 12.3. The van der Waals surface area contributed by atoms with Gasteiger partial charge in [0.2, 0.25) is 11.8 Å².